The van der Waals surface area contributed by atoms with Crippen LogP contribution in [0.5, 0.6) is 5.75 Å². The minimum absolute atomic E-state index is 0.0951. The summed E-state index contributed by atoms with van der Waals surface area (Å²) in [4.78, 5) is 2.08. The summed E-state index contributed by atoms with van der Waals surface area (Å²) in [6, 6.07) is 9.80. The third-order valence-corrected chi connectivity index (χ3v) is 5.34. The molecule has 102 valence electrons. The van der Waals surface area contributed by atoms with E-state index in [0.29, 0.717) is 0 Å². The first-order valence-electron chi connectivity index (χ1n) is 5.88. The fourth-order valence-electron chi connectivity index (χ4n) is 1.64. The zero-order valence-electron chi connectivity index (χ0n) is 10.5. The number of aromatic hydroxyl groups is 1. The van der Waals surface area contributed by atoms with Crippen molar-refractivity contribution in [2.24, 2.45) is 0 Å². The number of aryl methyl sites for hydroxylation is 1. The van der Waals surface area contributed by atoms with Crippen LogP contribution in [0.3, 0.4) is 0 Å². The van der Waals surface area contributed by atoms with Crippen LogP contribution in [-0.2, 0) is 23.0 Å². The first kappa shape index (κ1) is 14.0. The topological polar surface area (TPSA) is 66.4 Å². The van der Waals surface area contributed by atoms with Crippen LogP contribution in [0.1, 0.15) is 16.7 Å². The third kappa shape index (κ3) is 3.34. The van der Waals surface area contributed by atoms with Crippen LogP contribution in [0.2, 0.25) is 0 Å². The Morgan fingerprint density at radius 1 is 1.16 bits per heavy atom. The highest BCUT2D eigenvalue weighted by Crippen LogP contribution is 2.22. The van der Waals surface area contributed by atoms with Gasteiger partial charge in [-0.15, -0.1) is 11.3 Å². The lowest BCUT2D eigenvalue weighted by Crippen LogP contribution is -2.22. The van der Waals surface area contributed by atoms with Gasteiger partial charge in [-0.25, -0.2) is 13.1 Å². The number of hydrogen-bond acceptors (Lipinski definition) is 4. The van der Waals surface area contributed by atoms with E-state index >= 15 is 0 Å². The molecule has 0 spiro atoms. The van der Waals surface area contributed by atoms with Crippen molar-refractivity contribution in [2.75, 3.05) is 0 Å². The number of nitrogens with one attached hydrogen (secondary N) is 1. The molecule has 1 aromatic heterocycles. The Labute approximate surface area is 116 Å². The number of benzene rings is 1. The van der Waals surface area contributed by atoms with E-state index in [1.54, 1.807) is 23.5 Å². The summed E-state index contributed by atoms with van der Waals surface area (Å²) in [5.74, 6) is -0.240. The molecule has 0 amide bonds. The Morgan fingerprint density at radius 2 is 1.84 bits per heavy atom. The number of phenols is 1. The monoisotopic (exact) mass is 297 g/mol. The molecule has 0 saturated carbocycles. The summed E-state index contributed by atoms with van der Waals surface area (Å²) in [7, 11) is -3.68. The molecule has 2 aromatic rings. The fourth-order valence-corrected chi connectivity index (χ4v) is 3.73. The predicted molar refractivity (Wildman–Crippen MR) is 75.8 cm³/mol. The molecule has 0 radical (unpaired) electrons. The second kappa shape index (κ2) is 5.73. The van der Waals surface area contributed by atoms with E-state index in [2.05, 4.69) is 11.6 Å². The summed E-state index contributed by atoms with van der Waals surface area (Å²) >= 11 is 1.58. The van der Waals surface area contributed by atoms with Crippen LogP contribution >= 0.6 is 11.3 Å². The number of sulfonamides is 1. The van der Waals surface area contributed by atoms with E-state index in [-0.39, 0.29) is 17.2 Å². The lowest BCUT2D eigenvalue weighted by Gasteiger charge is -2.07. The number of para-hydroxylation sites is 1. The molecule has 0 bridgehead atoms. The van der Waals surface area contributed by atoms with Gasteiger partial charge in [-0.05, 0) is 30.7 Å². The quantitative estimate of drug-likeness (QED) is 0.891. The van der Waals surface area contributed by atoms with E-state index in [9.17, 15) is 13.5 Å². The van der Waals surface area contributed by atoms with Crippen LogP contribution in [0.15, 0.2) is 41.3 Å². The largest absolute Gasteiger partial charge is 0.507 e. The summed E-state index contributed by atoms with van der Waals surface area (Å²) < 4.78 is 26.6. The van der Waals surface area contributed by atoms with Gasteiger partial charge in [-0.3, -0.25) is 0 Å². The van der Waals surface area contributed by atoms with Crippen LogP contribution < -0.4 is 4.72 Å². The standard InChI is InChI=1S/C13H15NO3S2/c1-2-10-7-8-11(18-10)9-14-19(16,17)13-6-4-3-5-12(13)15/h3-8,14-15H,2,9H2,1H3. The van der Waals surface area contributed by atoms with Gasteiger partial charge in [0.15, 0.2) is 0 Å². The summed E-state index contributed by atoms with van der Waals surface area (Å²) in [6.07, 6.45) is 0.941. The molecule has 0 atom stereocenters. The Kier molecular flexibility index (Phi) is 4.24. The summed E-state index contributed by atoms with van der Waals surface area (Å²) in [5, 5.41) is 9.57. The summed E-state index contributed by atoms with van der Waals surface area (Å²) in [6.45, 7) is 2.29. The van der Waals surface area contributed by atoms with Crippen LogP contribution in [0.25, 0.3) is 0 Å². The van der Waals surface area contributed by atoms with Crippen molar-refractivity contribution in [3.8, 4) is 5.75 Å². The molecule has 0 unspecified atom stereocenters. The Balaban J connectivity index is 2.12. The molecular formula is C13H15NO3S2. The molecular weight excluding hydrogens is 282 g/mol. The maximum absolute atomic E-state index is 12.0. The van der Waals surface area contributed by atoms with Crippen LogP contribution in [0, 0.1) is 0 Å². The number of hydrogen-bond donors (Lipinski definition) is 2. The maximum Gasteiger partial charge on any atom is 0.244 e. The first-order chi connectivity index (χ1) is 9.03. The highest BCUT2D eigenvalue weighted by atomic mass is 32.2. The van der Waals surface area contributed by atoms with Gasteiger partial charge in [0.2, 0.25) is 10.0 Å². The van der Waals surface area contributed by atoms with Crippen molar-refractivity contribution in [1.82, 2.24) is 4.72 Å². The molecule has 0 fully saturated rings. The van der Waals surface area contributed by atoms with Gasteiger partial charge in [0, 0.05) is 16.3 Å². The van der Waals surface area contributed by atoms with E-state index in [1.807, 2.05) is 12.1 Å². The fraction of sp³-hybridized carbons (Fsp3) is 0.231. The minimum Gasteiger partial charge on any atom is -0.507 e. The zero-order chi connectivity index (χ0) is 13.9. The molecule has 0 aliphatic heterocycles. The minimum atomic E-state index is -3.68. The van der Waals surface area contributed by atoms with Gasteiger partial charge < -0.3 is 5.11 Å². The molecule has 2 N–H and O–H groups in total. The maximum atomic E-state index is 12.0. The molecule has 0 aliphatic rings. The normalized spacial score (nSPS) is 11.6. The molecule has 0 saturated heterocycles. The smallest absolute Gasteiger partial charge is 0.244 e. The molecule has 1 heterocycles. The second-order valence-electron chi connectivity index (χ2n) is 4.01. The highest BCUT2D eigenvalue weighted by molar-refractivity contribution is 7.89. The van der Waals surface area contributed by atoms with E-state index < -0.39 is 10.0 Å². The molecule has 6 heteroatoms. The third-order valence-electron chi connectivity index (χ3n) is 2.66. The van der Waals surface area contributed by atoms with Crippen molar-refractivity contribution in [1.29, 1.82) is 0 Å². The number of rotatable bonds is 5. The average Bonchev–Trinajstić information content (AvgIpc) is 2.85. The van der Waals surface area contributed by atoms with E-state index in [1.165, 1.54) is 17.0 Å². The molecule has 19 heavy (non-hydrogen) atoms. The van der Waals surface area contributed by atoms with Gasteiger partial charge in [0.25, 0.3) is 0 Å². The van der Waals surface area contributed by atoms with E-state index in [0.717, 1.165) is 11.3 Å². The van der Waals surface area contributed by atoms with Gasteiger partial charge in [-0.2, -0.15) is 0 Å². The number of thiophene rings is 1. The van der Waals surface area contributed by atoms with Crippen molar-refractivity contribution in [3.05, 3.63) is 46.2 Å². The zero-order valence-corrected chi connectivity index (χ0v) is 12.1. The SMILES string of the molecule is CCc1ccc(CNS(=O)(=O)c2ccccc2O)s1. The Morgan fingerprint density at radius 3 is 2.47 bits per heavy atom. The first-order valence-corrected chi connectivity index (χ1v) is 8.18. The summed E-state index contributed by atoms with van der Waals surface area (Å²) in [5.41, 5.74) is 0. The van der Waals surface area contributed by atoms with Crippen molar-refractivity contribution >= 4 is 21.4 Å². The van der Waals surface area contributed by atoms with Gasteiger partial charge in [0.05, 0.1) is 0 Å². The second-order valence-corrected chi connectivity index (χ2v) is 7.00. The molecule has 1 aromatic carbocycles. The van der Waals surface area contributed by atoms with Gasteiger partial charge >= 0.3 is 0 Å². The van der Waals surface area contributed by atoms with Crippen molar-refractivity contribution in [2.45, 2.75) is 24.8 Å². The Hall–Kier alpha value is -1.37. The van der Waals surface area contributed by atoms with Crippen LogP contribution in [0.4, 0.5) is 0 Å². The average molecular weight is 297 g/mol. The van der Waals surface area contributed by atoms with E-state index in [4.69, 9.17) is 0 Å². The van der Waals surface area contributed by atoms with Gasteiger partial charge in [-0.1, -0.05) is 19.1 Å². The number of phenolic OH excluding ortho intramolecular Hbond substituents is 1. The Bertz CT molecular complexity index is 662. The lowest BCUT2D eigenvalue weighted by atomic mass is 10.3. The molecule has 2 rings (SSSR count). The van der Waals surface area contributed by atoms with Gasteiger partial charge in [0.1, 0.15) is 10.6 Å². The highest BCUT2D eigenvalue weighted by Gasteiger charge is 2.17. The van der Waals surface area contributed by atoms with Crippen molar-refractivity contribution < 1.29 is 13.5 Å². The predicted octanol–water partition coefficient (Wildman–Crippen LogP) is 2.49. The van der Waals surface area contributed by atoms with Crippen LogP contribution in [-0.4, -0.2) is 13.5 Å². The van der Waals surface area contributed by atoms with Crippen molar-refractivity contribution in [3.63, 3.8) is 0 Å². The molecule has 0 aliphatic carbocycles. The molecule has 4 nitrogen and oxygen atoms in total. The lowest BCUT2D eigenvalue weighted by molar-refractivity contribution is 0.458.